The van der Waals surface area contributed by atoms with Gasteiger partial charge in [0, 0.05) is 11.2 Å². The molecule has 0 heterocycles. The van der Waals surface area contributed by atoms with Gasteiger partial charge in [-0.3, -0.25) is 4.55 Å². The van der Waals surface area contributed by atoms with E-state index in [0.717, 1.165) is 0 Å². The molecule has 0 radical (unpaired) electrons. The summed E-state index contributed by atoms with van der Waals surface area (Å²) in [5.41, 5.74) is 0. The van der Waals surface area contributed by atoms with Crippen LogP contribution in [-0.2, 0) is 23.9 Å². The van der Waals surface area contributed by atoms with Crippen LogP contribution in [0.15, 0.2) is 0 Å². The van der Waals surface area contributed by atoms with E-state index in [9.17, 15) is 4.21 Å². The Kier molecular flexibility index (Phi) is 7.37. The van der Waals surface area contributed by atoms with Gasteiger partial charge in [-0.2, -0.15) is 4.21 Å². The van der Waals surface area contributed by atoms with Crippen molar-refractivity contribution in [3.05, 3.63) is 0 Å². The fraction of sp³-hybridized carbons (Fsp3) is 0. The first kappa shape index (κ1) is 11.4. The summed E-state index contributed by atoms with van der Waals surface area (Å²) in [6.07, 6.45) is 0. The largest absolute Gasteiger partial charge is 1.00 e. The van der Waals surface area contributed by atoms with Gasteiger partial charge >= 0.3 is 29.6 Å². The van der Waals surface area contributed by atoms with Crippen LogP contribution in [0.25, 0.3) is 0 Å². The molecule has 0 saturated heterocycles. The van der Waals surface area contributed by atoms with Gasteiger partial charge in [0.25, 0.3) is 9.05 Å². The Morgan fingerprint density at radius 1 is 2.00 bits per heavy atom. The van der Waals surface area contributed by atoms with E-state index in [1.54, 1.807) is 0 Å². The van der Waals surface area contributed by atoms with Crippen molar-refractivity contribution in [2.24, 2.45) is 0 Å². The second-order valence-electron chi connectivity index (χ2n) is 0.502. The fourth-order valence-corrected chi connectivity index (χ4v) is 0. The molecule has 0 amide bonds. The van der Waals surface area contributed by atoms with Crippen LogP contribution in [0.4, 0.5) is 0 Å². The van der Waals surface area contributed by atoms with Gasteiger partial charge in [0.05, 0.1) is 0 Å². The van der Waals surface area contributed by atoms with Crippen LogP contribution in [0.5, 0.6) is 0 Å². The number of thiol groups is 1. The summed E-state index contributed by atoms with van der Waals surface area (Å²) in [5.74, 6) is 0. The summed E-state index contributed by atoms with van der Waals surface area (Å²) in [6, 6.07) is 0. The molecule has 0 rings (SSSR count). The Balaban J connectivity index is -0.000000125. The van der Waals surface area contributed by atoms with Crippen LogP contribution >= 0.6 is 12.9 Å². The van der Waals surface area contributed by atoms with Crippen molar-refractivity contribution in [1.29, 1.82) is 0 Å². The van der Waals surface area contributed by atoms with Crippen molar-refractivity contribution in [2.45, 2.75) is 0 Å². The zero-order chi connectivity index (χ0) is 5.21. The second kappa shape index (κ2) is 4.51. The van der Waals surface area contributed by atoms with Gasteiger partial charge in [0.1, 0.15) is 0 Å². The van der Waals surface area contributed by atoms with E-state index in [0.29, 0.717) is 0 Å². The molecule has 0 aromatic heterocycles. The van der Waals surface area contributed by atoms with Crippen molar-refractivity contribution in [3.8, 4) is 0 Å². The number of rotatable bonds is 1. The summed E-state index contributed by atoms with van der Waals surface area (Å²) < 4.78 is 21.0. The molecule has 1 atom stereocenters. The summed E-state index contributed by atoms with van der Waals surface area (Å²) in [7, 11) is -3.46. The molecule has 40 valence electrons. The van der Waals surface area contributed by atoms with Gasteiger partial charge in [-0.15, -0.1) is 0 Å². The zero-order valence-corrected chi connectivity index (χ0v) is 8.05. The minimum absolute atomic E-state index is 0. The Hall–Kier alpha value is 1.64. The number of hydrogen-bond acceptors (Lipinski definition) is 4. The maximum absolute atomic E-state index is 9.63. The molecule has 3 nitrogen and oxygen atoms in total. The molecule has 0 aliphatic rings. The van der Waals surface area contributed by atoms with Crippen LogP contribution in [0.1, 0.15) is 1.43 Å². The van der Waals surface area contributed by atoms with Crippen LogP contribution in [0, 0.1) is 0 Å². The predicted octanol–water partition coefficient (Wildman–Crippen LogP) is -2.90. The fourth-order valence-electron chi connectivity index (χ4n) is 0. The molecule has 0 bridgehead atoms. The normalized spacial score (nSPS) is 16.9. The van der Waals surface area contributed by atoms with Crippen molar-refractivity contribution < 1.29 is 43.4 Å². The maximum Gasteiger partial charge on any atom is 1.00 e. The minimum Gasteiger partial charge on any atom is -1.00 e. The van der Waals surface area contributed by atoms with E-state index in [1.807, 2.05) is 0 Å². The van der Waals surface area contributed by atoms with Gasteiger partial charge < -0.3 is 1.43 Å². The zero-order valence-electron chi connectivity index (χ0n) is 4.53. The third-order valence-electron chi connectivity index (χ3n) is 0.0942. The average Bonchev–Trinajstić information content (AvgIpc) is 1.35. The van der Waals surface area contributed by atoms with Crippen LogP contribution in [0.2, 0.25) is 0 Å². The molecule has 0 aliphatic carbocycles. The molecule has 0 saturated carbocycles. The van der Waals surface area contributed by atoms with E-state index in [-0.39, 0.29) is 31.0 Å². The van der Waals surface area contributed by atoms with E-state index >= 15 is 0 Å². The molecule has 1 unspecified atom stereocenters. The predicted molar refractivity (Wildman–Crippen MR) is 29.3 cm³/mol. The second-order valence-corrected chi connectivity index (χ2v) is 3.22. The number of hydrogen-bond donors (Lipinski definition) is 2. The van der Waals surface area contributed by atoms with Gasteiger partial charge in [-0.1, -0.05) is 0 Å². The van der Waals surface area contributed by atoms with Crippen LogP contribution < -0.4 is 29.6 Å². The first-order valence-corrected chi connectivity index (χ1v) is 3.60. The average molecular weight is 170 g/mol. The molecule has 7 heavy (non-hydrogen) atoms. The Morgan fingerprint density at radius 2 is 2.14 bits per heavy atom. The molecule has 0 aliphatic heterocycles. The SMILES string of the molecule is O=S(O)(=S)OS.[H-].[Na+]. The Bertz CT molecular complexity index is 116. The summed E-state index contributed by atoms with van der Waals surface area (Å²) in [5, 5.41) is 0. The first-order valence-electron chi connectivity index (χ1n) is 0.865. The Morgan fingerprint density at radius 3 is 2.14 bits per heavy atom. The van der Waals surface area contributed by atoms with E-state index in [4.69, 9.17) is 4.55 Å². The minimum atomic E-state index is -3.46. The third kappa shape index (κ3) is 11.3. The van der Waals surface area contributed by atoms with Crippen molar-refractivity contribution in [3.63, 3.8) is 0 Å². The van der Waals surface area contributed by atoms with Crippen LogP contribution in [0.3, 0.4) is 0 Å². The third-order valence-corrected chi connectivity index (χ3v) is 1.40. The first-order chi connectivity index (χ1) is 2.56. The molecule has 1 N–H and O–H groups in total. The van der Waals surface area contributed by atoms with Gasteiger partial charge in [-0.05, 0) is 12.9 Å². The Labute approximate surface area is 75.9 Å². The molecule has 7 heteroatoms. The molecule has 0 spiro atoms. The maximum atomic E-state index is 9.63. The molecule has 0 fully saturated rings. The van der Waals surface area contributed by atoms with E-state index in [1.165, 1.54) is 0 Å². The van der Waals surface area contributed by atoms with Crippen molar-refractivity contribution in [1.82, 2.24) is 0 Å². The van der Waals surface area contributed by atoms with Gasteiger partial charge in [0.15, 0.2) is 0 Å². The standard InChI is InChI=1S/Na.H2O3S3.H/c;1-6(2,5)3-4;/h;4H,(H,1,2,5);/q+1;;-1. The van der Waals surface area contributed by atoms with Gasteiger partial charge in [-0.25, -0.2) is 3.63 Å². The van der Waals surface area contributed by atoms with Crippen LogP contribution in [-0.4, -0.2) is 8.76 Å². The molecular weight excluding hydrogens is 167 g/mol. The summed E-state index contributed by atoms with van der Waals surface area (Å²) in [6.45, 7) is 0. The van der Waals surface area contributed by atoms with E-state index in [2.05, 4.69) is 27.7 Å². The molecule has 0 aromatic rings. The smallest absolute Gasteiger partial charge is 1.00 e. The van der Waals surface area contributed by atoms with Crippen molar-refractivity contribution >= 4 is 33.2 Å². The quantitative estimate of drug-likeness (QED) is 0.252. The monoisotopic (exact) mass is 170 g/mol. The summed E-state index contributed by atoms with van der Waals surface area (Å²) in [4.78, 5) is 0. The molecule has 0 aromatic carbocycles. The van der Waals surface area contributed by atoms with Crippen molar-refractivity contribution in [2.75, 3.05) is 0 Å². The molecular formula is H3NaO3S3. The summed E-state index contributed by atoms with van der Waals surface area (Å²) >= 11 is 6.74. The topological polar surface area (TPSA) is 46.5 Å². The van der Waals surface area contributed by atoms with Gasteiger partial charge in [0.2, 0.25) is 0 Å². The van der Waals surface area contributed by atoms with E-state index < -0.39 is 9.05 Å².